The summed E-state index contributed by atoms with van der Waals surface area (Å²) in [4.78, 5) is 0. The summed E-state index contributed by atoms with van der Waals surface area (Å²) >= 11 is 0. The quantitative estimate of drug-likeness (QED) is 0.666. The van der Waals surface area contributed by atoms with Crippen LogP contribution in [-0.2, 0) is 12.8 Å². The molecule has 0 aliphatic rings. The van der Waals surface area contributed by atoms with Crippen LogP contribution in [0.4, 0.5) is 0 Å². The van der Waals surface area contributed by atoms with Gasteiger partial charge in [-0.1, -0.05) is 58.4 Å². The van der Waals surface area contributed by atoms with Gasteiger partial charge in [-0.3, -0.25) is 0 Å². The Labute approximate surface area is 88.4 Å². The highest BCUT2D eigenvalue weighted by atomic mass is 14.2. The molecule has 0 aliphatic heterocycles. The first-order valence-electron chi connectivity index (χ1n) is 5.65. The van der Waals surface area contributed by atoms with E-state index in [0.29, 0.717) is 5.41 Å². The number of hydrogen-bond donors (Lipinski definition) is 0. The largest absolute Gasteiger partial charge is 0.0649 e. The van der Waals surface area contributed by atoms with Gasteiger partial charge in [0.15, 0.2) is 0 Å². The molecule has 0 heteroatoms. The molecule has 0 spiro atoms. The Morgan fingerprint density at radius 3 is 1.86 bits per heavy atom. The fourth-order valence-corrected chi connectivity index (χ4v) is 1.57. The van der Waals surface area contributed by atoms with Crippen LogP contribution in [0.15, 0.2) is 24.3 Å². The van der Waals surface area contributed by atoms with Crippen LogP contribution in [0.1, 0.15) is 45.2 Å². The van der Waals surface area contributed by atoms with Crippen LogP contribution < -0.4 is 0 Å². The molecule has 14 heavy (non-hydrogen) atoms. The fourth-order valence-electron chi connectivity index (χ4n) is 1.57. The van der Waals surface area contributed by atoms with E-state index in [1.54, 1.807) is 0 Å². The van der Waals surface area contributed by atoms with Crippen molar-refractivity contribution < 1.29 is 0 Å². The summed E-state index contributed by atoms with van der Waals surface area (Å²) in [5.41, 5.74) is 3.34. The highest BCUT2D eigenvalue weighted by molar-refractivity contribution is 5.23. The lowest BCUT2D eigenvalue weighted by Gasteiger charge is -2.22. The Balaban J connectivity index is 2.69. The van der Waals surface area contributed by atoms with Gasteiger partial charge < -0.3 is 0 Å². The third-order valence-corrected chi connectivity index (χ3v) is 3.07. The minimum Gasteiger partial charge on any atom is -0.0649 e. The van der Waals surface area contributed by atoms with Crippen molar-refractivity contribution in [3.8, 4) is 0 Å². The first kappa shape index (κ1) is 11.3. The molecule has 0 N–H and O–H groups in total. The van der Waals surface area contributed by atoms with Crippen LogP contribution in [0, 0.1) is 5.41 Å². The minimum absolute atomic E-state index is 0.438. The topological polar surface area (TPSA) is 0 Å². The van der Waals surface area contributed by atoms with Gasteiger partial charge in [0.25, 0.3) is 0 Å². The van der Waals surface area contributed by atoms with E-state index in [9.17, 15) is 0 Å². The van der Waals surface area contributed by atoms with Crippen molar-refractivity contribution in [2.75, 3.05) is 0 Å². The van der Waals surface area contributed by atoms with E-state index in [0.717, 1.165) is 6.42 Å². The molecule has 0 atom stereocenters. The van der Waals surface area contributed by atoms with Gasteiger partial charge >= 0.3 is 0 Å². The summed E-state index contributed by atoms with van der Waals surface area (Å²) in [5.74, 6) is 0. The van der Waals surface area contributed by atoms with Crippen LogP contribution in [0.2, 0.25) is 0 Å². The Hall–Kier alpha value is -0.780. The second-order valence-corrected chi connectivity index (χ2v) is 4.86. The summed E-state index contributed by atoms with van der Waals surface area (Å²) in [5, 5.41) is 0. The van der Waals surface area contributed by atoms with Crippen molar-refractivity contribution in [2.45, 2.75) is 47.0 Å². The Bertz CT molecular complexity index is 267. The van der Waals surface area contributed by atoms with Crippen LogP contribution >= 0.6 is 0 Å². The van der Waals surface area contributed by atoms with Crippen molar-refractivity contribution in [1.82, 2.24) is 0 Å². The molecular weight excluding hydrogens is 168 g/mol. The molecule has 0 aromatic heterocycles. The third-order valence-electron chi connectivity index (χ3n) is 3.07. The molecule has 0 saturated carbocycles. The first-order valence-corrected chi connectivity index (χ1v) is 5.65. The second kappa shape index (κ2) is 4.63. The lowest BCUT2D eigenvalue weighted by atomic mass is 9.83. The molecule has 0 fully saturated rings. The average molecular weight is 190 g/mol. The molecule has 1 aromatic carbocycles. The molecule has 0 saturated heterocycles. The monoisotopic (exact) mass is 190 g/mol. The van der Waals surface area contributed by atoms with Crippen LogP contribution in [0.25, 0.3) is 0 Å². The lowest BCUT2D eigenvalue weighted by molar-refractivity contribution is 0.349. The van der Waals surface area contributed by atoms with E-state index in [4.69, 9.17) is 0 Å². The Morgan fingerprint density at radius 1 is 0.929 bits per heavy atom. The molecule has 78 valence electrons. The molecule has 0 radical (unpaired) electrons. The smallest absolute Gasteiger partial charge is 0.0227 e. The number of benzene rings is 1. The highest BCUT2D eigenvalue weighted by Crippen LogP contribution is 2.25. The fraction of sp³-hybridized carbons (Fsp3) is 0.571. The van der Waals surface area contributed by atoms with Crippen molar-refractivity contribution in [3.63, 3.8) is 0 Å². The van der Waals surface area contributed by atoms with E-state index in [1.165, 1.54) is 24.0 Å². The van der Waals surface area contributed by atoms with Crippen LogP contribution in [0.3, 0.4) is 0 Å². The molecule has 0 amide bonds. The number of rotatable bonds is 4. The van der Waals surface area contributed by atoms with Gasteiger partial charge in [0.1, 0.15) is 0 Å². The highest BCUT2D eigenvalue weighted by Gasteiger charge is 2.15. The molecular formula is C14H22. The molecule has 0 heterocycles. The number of hydrogen-bond acceptors (Lipinski definition) is 0. The van der Waals surface area contributed by atoms with Crippen molar-refractivity contribution in [2.24, 2.45) is 5.41 Å². The van der Waals surface area contributed by atoms with Gasteiger partial charge in [0, 0.05) is 0 Å². The normalized spacial score (nSPS) is 11.7. The minimum atomic E-state index is 0.438. The van der Waals surface area contributed by atoms with Crippen LogP contribution in [-0.4, -0.2) is 0 Å². The van der Waals surface area contributed by atoms with Crippen molar-refractivity contribution in [3.05, 3.63) is 35.4 Å². The predicted molar refractivity (Wildman–Crippen MR) is 63.6 cm³/mol. The Morgan fingerprint density at radius 2 is 1.43 bits per heavy atom. The molecule has 0 bridgehead atoms. The van der Waals surface area contributed by atoms with Crippen molar-refractivity contribution in [1.29, 1.82) is 0 Å². The maximum Gasteiger partial charge on any atom is -0.0227 e. The Kier molecular flexibility index (Phi) is 3.74. The zero-order chi connectivity index (χ0) is 10.6. The maximum atomic E-state index is 2.33. The van der Waals surface area contributed by atoms with Crippen LogP contribution in [0.5, 0.6) is 0 Å². The van der Waals surface area contributed by atoms with E-state index in [-0.39, 0.29) is 0 Å². The summed E-state index contributed by atoms with van der Waals surface area (Å²) < 4.78 is 0. The summed E-state index contributed by atoms with van der Waals surface area (Å²) in [6.45, 7) is 9.13. The maximum absolute atomic E-state index is 2.33. The van der Waals surface area contributed by atoms with Gasteiger partial charge in [-0.2, -0.15) is 0 Å². The summed E-state index contributed by atoms with van der Waals surface area (Å²) in [6.07, 6.45) is 3.56. The van der Waals surface area contributed by atoms with Gasteiger partial charge in [-0.15, -0.1) is 0 Å². The van der Waals surface area contributed by atoms with E-state index < -0.39 is 0 Å². The zero-order valence-corrected chi connectivity index (χ0v) is 9.93. The zero-order valence-electron chi connectivity index (χ0n) is 9.93. The predicted octanol–water partition coefficient (Wildman–Crippen LogP) is 4.23. The molecule has 1 rings (SSSR count). The van der Waals surface area contributed by atoms with Crippen molar-refractivity contribution >= 4 is 0 Å². The summed E-state index contributed by atoms with van der Waals surface area (Å²) in [7, 11) is 0. The first-order chi connectivity index (χ1) is 6.57. The number of aryl methyl sites for hydroxylation is 1. The SMILES string of the molecule is CCc1ccc(CC(C)(C)CC)cc1. The molecule has 0 nitrogen and oxygen atoms in total. The lowest BCUT2D eigenvalue weighted by Crippen LogP contribution is -2.13. The van der Waals surface area contributed by atoms with Gasteiger partial charge in [0.2, 0.25) is 0 Å². The van der Waals surface area contributed by atoms with Gasteiger partial charge in [-0.05, 0) is 29.4 Å². The summed E-state index contributed by atoms with van der Waals surface area (Å²) in [6, 6.07) is 9.05. The molecule has 1 aromatic rings. The average Bonchev–Trinajstić information content (AvgIpc) is 2.19. The van der Waals surface area contributed by atoms with Gasteiger partial charge in [-0.25, -0.2) is 0 Å². The molecule has 0 aliphatic carbocycles. The van der Waals surface area contributed by atoms with E-state index in [1.807, 2.05) is 0 Å². The molecule has 0 unspecified atom stereocenters. The van der Waals surface area contributed by atoms with Gasteiger partial charge in [0.05, 0.1) is 0 Å². The standard InChI is InChI=1S/C14H22/c1-5-12-7-9-13(10-8-12)11-14(3,4)6-2/h7-10H,5-6,11H2,1-4H3. The second-order valence-electron chi connectivity index (χ2n) is 4.86. The third kappa shape index (κ3) is 3.17. The van der Waals surface area contributed by atoms with E-state index in [2.05, 4.69) is 52.0 Å². The van der Waals surface area contributed by atoms with E-state index >= 15 is 0 Å².